The molecule has 0 saturated heterocycles. The van der Waals surface area contributed by atoms with Crippen LogP contribution < -0.4 is 20.0 Å². The van der Waals surface area contributed by atoms with Crippen molar-refractivity contribution in [1.82, 2.24) is 0 Å². The fourth-order valence-electron chi connectivity index (χ4n) is 2.07. The largest absolute Gasteiger partial charge is 0.545 e. The van der Waals surface area contributed by atoms with Crippen LogP contribution in [0.25, 0.3) is 0 Å². The molecular formula is C19H18BrN2O4-. The Labute approximate surface area is 160 Å². The number of rotatable bonds is 9. The van der Waals surface area contributed by atoms with Crippen molar-refractivity contribution < 1.29 is 19.4 Å². The number of hydrogen-bond donors (Lipinski definition) is 1. The first-order chi connectivity index (χ1) is 12.5. The topological polar surface area (TPSA) is 83.0 Å². The molecule has 0 fully saturated rings. The van der Waals surface area contributed by atoms with E-state index in [1.54, 1.807) is 24.4 Å². The molecule has 0 radical (unpaired) electrons. The monoisotopic (exact) mass is 417 g/mol. The molecule has 2 aromatic carbocycles. The van der Waals surface area contributed by atoms with Gasteiger partial charge in [-0.1, -0.05) is 24.8 Å². The maximum Gasteiger partial charge on any atom is 0.175 e. The molecule has 1 N–H and O–H groups in total. The smallest absolute Gasteiger partial charge is 0.175 e. The summed E-state index contributed by atoms with van der Waals surface area (Å²) in [6.45, 7) is 6.40. The van der Waals surface area contributed by atoms with E-state index >= 15 is 0 Å². The number of carboxylic acid groups (broad SMARTS) is 1. The van der Waals surface area contributed by atoms with E-state index in [2.05, 4.69) is 33.0 Å². The van der Waals surface area contributed by atoms with Gasteiger partial charge >= 0.3 is 0 Å². The molecular weight excluding hydrogens is 400 g/mol. The number of hydrogen-bond acceptors (Lipinski definition) is 6. The SMILES string of the molecule is C=CCOc1c(Br)cc(C=NNc2ccc(C(=O)[O-])cc2)cc1OCC. The minimum Gasteiger partial charge on any atom is -0.545 e. The molecule has 0 aliphatic carbocycles. The summed E-state index contributed by atoms with van der Waals surface area (Å²) in [5.74, 6) is -0.00895. The second kappa shape index (κ2) is 9.62. The lowest BCUT2D eigenvalue weighted by Gasteiger charge is -2.13. The number of aromatic carboxylic acids is 1. The van der Waals surface area contributed by atoms with Crippen LogP contribution in [-0.4, -0.2) is 25.4 Å². The maximum atomic E-state index is 10.7. The zero-order chi connectivity index (χ0) is 18.9. The third kappa shape index (κ3) is 5.35. The van der Waals surface area contributed by atoms with Gasteiger partial charge in [0.1, 0.15) is 6.61 Å². The number of anilines is 1. The Bertz CT molecular complexity index is 804. The highest BCUT2D eigenvalue weighted by Crippen LogP contribution is 2.36. The number of carboxylic acids is 1. The second-order valence-electron chi connectivity index (χ2n) is 5.10. The zero-order valence-corrected chi connectivity index (χ0v) is 15.8. The van der Waals surface area contributed by atoms with Gasteiger partial charge in [-0.3, -0.25) is 5.43 Å². The lowest BCUT2D eigenvalue weighted by molar-refractivity contribution is -0.255. The second-order valence-corrected chi connectivity index (χ2v) is 5.95. The van der Waals surface area contributed by atoms with Crippen molar-refractivity contribution in [3.8, 4) is 11.5 Å². The summed E-state index contributed by atoms with van der Waals surface area (Å²) < 4.78 is 12.0. The van der Waals surface area contributed by atoms with Gasteiger partial charge in [-0.05, 0) is 58.2 Å². The molecule has 2 rings (SSSR count). The predicted molar refractivity (Wildman–Crippen MR) is 103 cm³/mol. The van der Waals surface area contributed by atoms with E-state index in [0.29, 0.717) is 30.4 Å². The van der Waals surface area contributed by atoms with Crippen LogP contribution in [0.5, 0.6) is 11.5 Å². The van der Waals surface area contributed by atoms with E-state index in [1.807, 2.05) is 19.1 Å². The molecule has 136 valence electrons. The number of benzene rings is 2. The fourth-order valence-corrected chi connectivity index (χ4v) is 2.64. The van der Waals surface area contributed by atoms with E-state index in [9.17, 15) is 9.90 Å². The minimum atomic E-state index is -1.22. The molecule has 0 aromatic heterocycles. The van der Waals surface area contributed by atoms with Crippen molar-refractivity contribution in [2.75, 3.05) is 18.6 Å². The summed E-state index contributed by atoms with van der Waals surface area (Å²) >= 11 is 3.47. The van der Waals surface area contributed by atoms with E-state index < -0.39 is 5.97 Å². The first kappa shape index (κ1) is 19.5. The van der Waals surface area contributed by atoms with E-state index in [0.717, 1.165) is 10.0 Å². The normalized spacial score (nSPS) is 10.5. The van der Waals surface area contributed by atoms with Crippen LogP contribution >= 0.6 is 15.9 Å². The van der Waals surface area contributed by atoms with Gasteiger partial charge in [0.2, 0.25) is 0 Å². The van der Waals surface area contributed by atoms with Crippen LogP contribution in [0.4, 0.5) is 5.69 Å². The number of nitrogens with zero attached hydrogens (tertiary/aromatic N) is 1. The average molecular weight is 418 g/mol. The molecule has 0 aliphatic heterocycles. The van der Waals surface area contributed by atoms with E-state index in [4.69, 9.17) is 9.47 Å². The van der Waals surface area contributed by atoms with Crippen LogP contribution in [0.2, 0.25) is 0 Å². The predicted octanol–water partition coefficient (Wildman–Crippen LogP) is 3.22. The fraction of sp³-hybridized carbons (Fsp3) is 0.158. The van der Waals surface area contributed by atoms with Gasteiger partial charge in [0, 0.05) is 0 Å². The van der Waals surface area contributed by atoms with Crippen molar-refractivity contribution in [2.24, 2.45) is 5.10 Å². The Balaban J connectivity index is 2.13. The number of hydrazone groups is 1. The lowest BCUT2D eigenvalue weighted by atomic mass is 10.2. The summed E-state index contributed by atoms with van der Waals surface area (Å²) in [6, 6.07) is 9.78. The molecule has 26 heavy (non-hydrogen) atoms. The third-order valence-corrected chi connectivity index (χ3v) is 3.79. The Hall–Kier alpha value is -2.80. The Morgan fingerprint density at radius 2 is 2.04 bits per heavy atom. The van der Waals surface area contributed by atoms with Gasteiger partial charge in [0.15, 0.2) is 11.5 Å². The molecule has 0 amide bonds. The zero-order valence-electron chi connectivity index (χ0n) is 14.2. The van der Waals surface area contributed by atoms with Crippen LogP contribution in [0, 0.1) is 0 Å². The summed E-state index contributed by atoms with van der Waals surface area (Å²) in [5.41, 5.74) is 4.40. The molecule has 0 spiro atoms. The quantitative estimate of drug-likeness (QED) is 0.384. The highest BCUT2D eigenvalue weighted by atomic mass is 79.9. The van der Waals surface area contributed by atoms with Crippen molar-refractivity contribution in [3.63, 3.8) is 0 Å². The number of carbonyl (C=O) groups excluding carboxylic acids is 1. The molecule has 0 unspecified atom stereocenters. The average Bonchev–Trinajstić information content (AvgIpc) is 2.62. The summed E-state index contributed by atoms with van der Waals surface area (Å²) in [4.78, 5) is 10.7. The Morgan fingerprint density at radius 3 is 2.65 bits per heavy atom. The van der Waals surface area contributed by atoms with Crippen molar-refractivity contribution in [3.05, 3.63) is 64.7 Å². The van der Waals surface area contributed by atoms with Gasteiger partial charge in [0.25, 0.3) is 0 Å². The van der Waals surface area contributed by atoms with Crippen molar-refractivity contribution in [2.45, 2.75) is 6.92 Å². The highest BCUT2D eigenvalue weighted by molar-refractivity contribution is 9.10. The van der Waals surface area contributed by atoms with Crippen LogP contribution in [-0.2, 0) is 0 Å². The standard InChI is InChI=1S/C19H19BrN2O4/c1-3-9-26-18-16(20)10-13(11-17(18)25-4-2)12-21-22-15-7-5-14(6-8-15)19(23)24/h3,5-8,10-12,22H,1,4,9H2,2H3,(H,23,24)/p-1. The molecule has 0 bridgehead atoms. The summed E-state index contributed by atoms with van der Waals surface area (Å²) in [5, 5.41) is 14.9. The Kier molecular flexibility index (Phi) is 7.23. The third-order valence-electron chi connectivity index (χ3n) is 3.21. The first-order valence-corrected chi connectivity index (χ1v) is 8.65. The Morgan fingerprint density at radius 1 is 1.31 bits per heavy atom. The maximum absolute atomic E-state index is 10.7. The molecule has 0 atom stereocenters. The molecule has 2 aromatic rings. The van der Waals surface area contributed by atoms with Crippen molar-refractivity contribution in [1.29, 1.82) is 0 Å². The minimum absolute atomic E-state index is 0.111. The number of ether oxygens (including phenoxy) is 2. The molecule has 6 nitrogen and oxygen atoms in total. The van der Waals surface area contributed by atoms with Crippen LogP contribution in [0.3, 0.4) is 0 Å². The molecule has 0 heterocycles. The summed E-state index contributed by atoms with van der Waals surface area (Å²) in [6.07, 6.45) is 3.28. The molecule has 0 aliphatic rings. The van der Waals surface area contributed by atoms with Gasteiger partial charge in [-0.25, -0.2) is 0 Å². The lowest BCUT2D eigenvalue weighted by Crippen LogP contribution is -2.21. The number of halogens is 1. The van der Waals surface area contributed by atoms with Gasteiger partial charge in [-0.15, -0.1) is 0 Å². The summed E-state index contributed by atoms with van der Waals surface area (Å²) in [7, 11) is 0. The van der Waals surface area contributed by atoms with Gasteiger partial charge in [-0.2, -0.15) is 5.10 Å². The number of carbonyl (C=O) groups is 1. The van der Waals surface area contributed by atoms with Gasteiger partial charge < -0.3 is 19.4 Å². The molecule has 7 heteroatoms. The molecule has 0 saturated carbocycles. The van der Waals surface area contributed by atoms with E-state index in [1.165, 1.54) is 12.1 Å². The van der Waals surface area contributed by atoms with Crippen LogP contribution in [0.15, 0.2) is 58.6 Å². The van der Waals surface area contributed by atoms with Gasteiger partial charge in [0.05, 0.1) is 29.0 Å². The van der Waals surface area contributed by atoms with Crippen molar-refractivity contribution >= 4 is 33.8 Å². The number of nitrogens with one attached hydrogen (secondary N) is 1. The highest BCUT2D eigenvalue weighted by Gasteiger charge is 2.11. The first-order valence-electron chi connectivity index (χ1n) is 7.85. The van der Waals surface area contributed by atoms with E-state index in [-0.39, 0.29) is 5.56 Å². The van der Waals surface area contributed by atoms with Crippen LogP contribution in [0.1, 0.15) is 22.8 Å².